The van der Waals surface area contributed by atoms with Crippen molar-refractivity contribution in [3.05, 3.63) is 0 Å². The molecular weight excluding hydrogens is 226 g/mol. The molecule has 0 aromatic carbocycles. The molecule has 1 N–H and O–H groups in total. The van der Waals surface area contributed by atoms with Crippen molar-refractivity contribution in [2.45, 2.75) is 77.9 Å². The first-order chi connectivity index (χ1) is 8.33. The third kappa shape index (κ3) is 4.60. The first kappa shape index (κ1) is 15.5. The lowest BCUT2D eigenvalue weighted by molar-refractivity contribution is -0.141. The van der Waals surface area contributed by atoms with Gasteiger partial charge in [0.25, 0.3) is 0 Å². The van der Waals surface area contributed by atoms with E-state index in [1.54, 1.807) is 0 Å². The van der Waals surface area contributed by atoms with E-state index in [0.29, 0.717) is 19.4 Å². The van der Waals surface area contributed by atoms with Crippen molar-refractivity contribution < 1.29 is 9.90 Å². The number of carbonyl (C=O) groups excluding carboxylic acids is 1. The van der Waals surface area contributed by atoms with Gasteiger partial charge in [0.1, 0.15) is 0 Å². The smallest absolute Gasteiger partial charge is 0.223 e. The Morgan fingerprint density at radius 3 is 2.61 bits per heavy atom. The van der Waals surface area contributed by atoms with Crippen molar-refractivity contribution >= 4 is 5.91 Å². The van der Waals surface area contributed by atoms with Gasteiger partial charge >= 0.3 is 0 Å². The van der Waals surface area contributed by atoms with Crippen LogP contribution < -0.4 is 0 Å². The van der Waals surface area contributed by atoms with Crippen molar-refractivity contribution in [3.63, 3.8) is 0 Å². The fourth-order valence-electron chi connectivity index (χ4n) is 2.80. The van der Waals surface area contributed by atoms with Gasteiger partial charge in [-0.3, -0.25) is 4.79 Å². The van der Waals surface area contributed by atoms with Gasteiger partial charge in [-0.15, -0.1) is 0 Å². The zero-order chi connectivity index (χ0) is 13.8. The summed E-state index contributed by atoms with van der Waals surface area (Å²) in [7, 11) is 0. The molecule has 1 unspecified atom stereocenters. The van der Waals surface area contributed by atoms with Crippen LogP contribution in [0.25, 0.3) is 0 Å². The minimum Gasteiger partial charge on any atom is -0.393 e. The highest BCUT2D eigenvalue weighted by molar-refractivity contribution is 5.77. The van der Waals surface area contributed by atoms with E-state index in [-0.39, 0.29) is 17.6 Å². The summed E-state index contributed by atoms with van der Waals surface area (Å²) >= 11 is 0. The number of hydrogen-bond donors (Lipinski definition) is 1. The lowest BCUT2D eigenvalue weighted by Crippen LogP contribution is -2.54. The lowest BCUT2D eigenvalue weighted by atomic mass is 9.88. The molecule has 1 fully saturated rings. The Labute approximate surface area is 112 Å². The predicted molar refractivity (Wildman–Crippen MR) is 74.3 cm³/mol. The van der Waals surface area contributed by atoms with E-state index in [4.69, 9.17) is 0 Å². The van der Waals surface area contributed by atoms with E-state index in [1.807, 2.05) is 4.90 Å². The van der Waals surface area contributed by atoms with Crippen LogP contribution in [0.4, 0.5) is 0 Å². The maximum absolute atomic E-state index is 12.2. The first-order valence-corrected chi connectivity index (χ1v) is 7.31. The molecule has 0 aromatic heterocycles. The second-order valence-electron chi connectivity index (χ2n) is 6.64. The third-order valence-corrected chi connectivity index (χ3v) is 3.87. The highest BCUT2D eigenvalue weighted by atomic mass is 16.3. The molecule has 0 aromatic rings. The molecular formula is C15H29NO2. The number of rotatable bonds is 5. The molecule has 3 nitrogen and oxygen atoms in total. The molecule has 1 saturated heterocycles. The highest BCUT2D eigenvalue weighted by Crippen LogP contribution is 2.28. The first-order valence-electron chi connectivity index (χ1n) is 7.31. The summed E-state index contributed by atoms with van der Waals surface area (Å²) in [5.74, 6) is 0.984. The Bertz CT molecular complexity index is 274. The largest absolute Gasteiger partial charge is 0.393 e. The van der Waals surface area contributed by atoms with Gasteiger partial charge in [-0.1, -0.05) is 26.7 Å². The van der Waals surface area contributed by atoms with Gasteiger partial charge in [0, 0.05) is 18.5 Å². The van der Waals surface area contributed by atoms with Gasteiger partial charge in [-0.2, -0.15) is 0 Å². The van der Waals surface area contributed by atoms with Crippen LogP contribution in [-0.4, -0.2) is 34.1 Å². The number of piperidine rings is 1. The average Bonchev–Trinajstić information content (AvgIpc) is 2.22. The summed E-state index contributed by atoms with van der Waals surface area (Å²) in [4.78, 5) is 14.2. The summed E-state index contributed by atoms with van der Waals surface area (Å²) in [6.45, 7) is 9.26. The number of hydrogen-bond acceptors (Lipinski definition) is 2. The van der Waals surface area contributed by atoms with Gasteiger partial charge in [0.15, 0.2) is 0 Å². The standard InChI is InChI=1S/C15H29NO2/c1-12(2)7-5-6-8-14(18)16-10-9-13(17)11-15(16,3)4/h12-13,17H,5-11H2,1-4H3. The Kier molecular flexibility index (Phi) is 5.64. The predicted octanol–water partition coefficient (Wildman–Crippen LogP) is 2.96. The molecule has 1 rings (SSSR count). The Hall–Kier alpha value is -0.570. The average molecular weight is 255 g/mol. The van der Waals surface area contributed by atoms with Gasteiger partial charge in [0.05, 0.1) is 6.10 Å². The summed E-state index contributed by atoms with van der Waals surface area (Å²) < 4.78 is 0. The quantitative estimate of drug-likeness (QED) is 0.767. The molecule has 18 heavy (non-hydrogen) atoms. The number of likely N-dealkylation sites (tertiary alicyclic amines) is 1. The van der Waals surface area contributed by atoms with Crippen molar-refractivity contribution in [2.24, 2.45) is 5.92 Å². The van der Waals surface area contributed by atoms with Crippen LogP contribution in [0, 0.1) is 5.92 Å². The number of aliphatic hydroxyl groups is 1. The highest BCUT2D eigenvalue weighted by Gasteiger charge is 2.36. The van der Waals surface area contributed by atoms with Gasteiger partial charge in [-0.05, 0) is 39.0 Å². The van der Waals surface area contributed by atoms with E-state index in [0.717, 1.165) is 25.2 Å². The van der Waals surface area contributed by atoms with Crippen molar-refractivity contribution in [1.82, 2.24) is 4.90 Å². The minimum atomic E-state index is -0.245. The summed E-state index contributed by atoms with van der Waals surface area (Å²) in [6, 6.07) is 0. The maximum atomic E-state index is 12.2. The van der Waals surface area contributed by atoms with Gasteiger partial charge in [-0.25, -0.2) is 0 Å². The number of amides is 1. The Morgan fingerprint density at radius 1 is 1.39 bits per heavy atom. The number of carbonyl (C=O) groups is 1. The van der Waals surface area contributed by atoms with Crippen LogP contribution in [-0.2, 0) is 4.79 Å². The topological polar surface area (TPSA) is 40.5 Å². The second kappa shape index (κ2) is 6.55. The number of aliphatic hydroxyl groups excluding tert-OH is 1. The molecule has 1 amide bonds. The molecule has 1 aliphatic heterocycles. The van der Waals surface area contributed by atoms with Crippen molar-refractivity contribution in [1.29, 1.82) is 0 Å². The molecule has 0 saturated carbocycles. The Balaban J connectivity index is 2.37. The number of unbranched alkanes of at least 4 members (excludes halogenated alkanes) is 1. The van der Waals surface area contributed by atoms with E-state index >= 15 is 0 Å². The summed E-state index contributed by atoms with van der Waals surface area (Å²) in [5.41, 5.74) is -0.188. The molecule has 0 aliphatic carbocycles. The number of nitrogens with zero attached hydrogens (tertiary/aromatic N) is 1. The van der Waals surface area contributed by atoms with Crippen LogP contribution in [0.3, 0.4) is 0 Å². The molecule has 1 aliphatic rings. The van der Waals surface area contributed by atoms with Crippen LogP contribution in [0.1, 0.15) is 66.2 Å². The molecule has 0 radical (unpaired) electrons. The fourth-order valence-corrected chi connectivity index (χ4v) is 2.80. The Morgan fingerprint density at radius 2 is 2.06 bits per heavy atom. The minimum absolute atomic E-state index is 0.188. The molecule has 0 bridgehead atoms. The second-order valence-corrected chi connectivity index (χ2v) is 6.64. The van der Waals surface area contributed by atoms with E-state index in [1.165, 1.54) is 6.42 Å². The van der Waals surface area contributed by atoms with E-state index in [9.17, 15) is 9.90 Å². The molecule has 106 valence electrons. The van der Waals surface area contributed by atoms with Crippen LogP contribution in [0.5, 0.6) is 0 Å². The van der Waals surface area contributed by atoms with Crippen LogP contribution >= 0.6 is 0 Å². The molecule has 0 spiro atoms. The lowest BCUT2D eigenvalue weighted by Gasteiger charge is -2.44. The van der Waals surface area contributed by atoms with Crippen LogP contribution in [0.15, 0.2) is 0 Å². The summed E-state index contributed by atoms with van der Waals surface area (Å²) in [5, 5.41) is 9.68. The molecule has 1 atom stereocenters. The molecule has 3 heteroatoms. The van der Waals surface area contributed by atoms with E-state index in [2.05, 4.69) is 27.7 Å². The normalized spacial score (nSPS) is 23.4. The van der Waals surface area contributed by atoms with Gasteiger partial charge < -0.3 is 10.0 Å². The van der Waals surface area contributed by atoms with Gasteiger partial charge in [0.2, 0.25) is 5.91 Å². The van der Waals surface area contributed by atoms with Crippen molar-refractivity contribution in [2.75, 3.05) is 6.54 Å². The SMILES string of the molecule is CC(C)CCCCC(=O)N1CCC(O)CC1(C)C. The zero-order valence-corrected chi connectivity index (χ0v) is 12.4. The summed E-state index contributed by atoms with van der Waals surface area (Å²) in [6.07, 6.45) is 5.17. The van der Waals surface area contributed by atoms with E-state index < -0.39 is 0 Å². The fraction of sp³-hybridized carbons (Fsp3) is 0.933. The maximum Gasteiger partial charge on any atom is 0.223 e. The van der Waals surface area contributed by atoms with Crippen molar-refractivity contribution in [3.8, 4) is 0 Å². The van der Waals surface area contributed by atoms with Crippen LogP contribution in [0.2, 0.25) is 0 Å². The zero-order valence-electron chi connectivity index (χ0n) is 12.4. The molecule has 1 heterocycles. The third-order valence-electron chi connectivity index (χ3n) is 3.87. The monoisotopic (exact) mass is 255 g/mol.